The molecule has 0 saturated carbocycles. The zero-order valence-electron chi connectivity index (χ0n) is 17.3. The fourth-order valence-electron chi connectivity index (χ4n) is 2.70. The third-order valence-electron chi connectivity index (χ3n) is 4.13. The molecule has 0 spiro atoms. The number of ether oxygens (including phenoxy) is 1. The second-order valence-electron chi connectivity index (χ2n) is 6.57. The number of hydrogen-bond acceptors (Lipinski definition) is 3. The fraction of sp³-hybridized carbons (Fsp3) is 1.00. The summed E-state index contributed by atoms with van der Waals surface area (Å²) in [5.41, 5.74) is 0. The summed E-state index contributed by atoms with van der Waals surface area (Å²) in [6.45, 7) is 4.89. The molecule has 0 heterocycles. The van der Waals surface area contributed by atoms with Gasteiger partial charge in [0.2, 0.25) is 0 Å². The molecule has 142 valence electrons. The van der Waals surface area contributed by atoms with Gasteiger partial charge >= 0.3 is 18.9 Å². The van der Waals surface area contributed by atoms with E-state index in [1.165, 1.54) is 51.4 Å². The standard InChI is InChI=1S/C18H38O4S.Li.H/c1-3-5-7-8-9-10-11-12-13-14-15-18(17-23(19,20)21)22-16-6-4-2;;/h18H,3-17H2,1-2H3,(H,19,20,21);;/q;+1;-1. The van der Waals surface area contributed by atoms with Gasteiger partial charge in [-0.1, -0.05) is 84.5 Å². The molecule has 0 aliphatic heterocycles. The topological polar surface area (TPSA) is 63.6 Å². The molecule has 4 nitrogen and oxygen atoms in total. The van der Waals surface area contributed by atoms with Crippen molar-refractivity contribution < 1.29 is 38.0 Å². The van der Waals surface area contributed by atoms with Crippen LogP contribution in [0.25, 0.3) is 0 Å². The first-order valence-electron chi connectivity index (χ1n) is 9.56. The van der Waals surface area contributed by atoms with Gasteiger partial charge in [-0.3, -0.25) is 4.55 Å². The van der Waals surface area contributed by atoms with Crippen molar-refractivity contribution >= 4 is 10.1 Å². The second-order valence-corrected chi connectivity index (χ2v) is 8.06. The number of hydrogen-bond donors (Lipinski definition) is 1. The summed E-state index contributed by atoms with van der Waals surface area (Å²) in [5.74, 6) is -0.270. The van der Waals surface area contributed by atoms with Gasteiger partial charge in [0.25, 0.3) is 10.1 Å². The van der Waals surface area contributed by atoms with Crippen molar-refractivity contribution in [1.82, 2.24) is 0 Å². The molecule has 1 atom stereocenters. The van der Waals surface area contributed by atoms with Crippen LogP contribution < -0.4 is 18.9 Å². The molecule has 0 aliphatic rings. The third kappa shape index (κ3) is 20.5. The van der Waals surface area contributed by atoms with Gasteiger partial charge in [0.15, 0.2) is 0 Å². The van der Waals surface area contributed by atoms with Gasteiger partial charge in [0, 0.05) is 6.61 Å². The third-order valence-corrected chi connectivity index (χ3v) is 4.92. The van der Waals surface area contributed by atoms with E-state index in [0.717, 1.165) is 32.1 Å². The van der Waals surface area contributed by atoms with Crippen molar-refractivity contribution in [3.63, 3.8) is 0 Å². The SMILES string of the molecule is CCCCCCCCCCCCC(CS(=O)(=O)O)OCCCC.[H-].[Li+]. The quantitative estimate of drug-likeness (QED) is 0.246. The van der Waals surface area contributed by atoms with E-state index in [1.54, 1.807) is 0 Å². The summed E-state index contributed by atoms with van der Waals surface area (Å²) in [4.78, 5) is 0. The molecule has 0 aliphatic carbocycles. The predicted octanol–water partition coefficient (Wildman–Crippen LogP) is 2.49. The molecule has 0 saturated heterocycles. The van der Waals surface area contributed by atoms with E-state index in [2.05, 4.69) is 13.8 Å². The molecular weight excluding hydrogens is 319 g/mol. The zero-order valence-corrected chi connectivity index (χ0v) is 17.1. The summed E-state index contributed by atoms with van der Waals surface area (Å²) in [7, 11) is -3.95. The van der Waals surface area contributed by atoms with Crippen LogP contribution in [-0.4, -0.2) is 31.4 Å². The van der Waals surface area contributed by atoms with Crippen molar-refractivity contribution in [1.29, 1.82) is 0 Å². The Bertz CT molecular complexity index is 353. The van der Waals surface area contributed by atoms with E-state index in [1.807, 2.05) is 0 Å². The molecule has 0 aromatic carbocycles. The van der Waals surface area contributed by atoms with Crippen molar-refractivity contribution in [2.75, 3.05) is 12.4 Å². The Morgan fingerprint density at radius 2 is 1.29 bits per heavy atom. The summed E-state index contributed by atoms with van der Waals surface area (Å²) < 4.78 is 36.7. The Labute approximate surface area is 163 Å². The van der Waals surface area contributed by atoms with E-state index in [4.69, 9.17) is 9.29 Å². The second kappa shape index (κ2) is 18.3. The molecule has 1 N–H and O–H groups in total. The van der Waals surface area contributed by atoms with Gasteiger partial charge in [0.05, 0.1) is 6.10 Å². The Kier molecular flexibility index (Phi) is 20.3. The minimum atomic E-state index is -3.95. The van der Waals surface area contributed by atoms with Crippen LogP contribution in [0.4, 0.5) is 0 Å². The molecule has 0 amide bonds. The van der Waals surface area contributed by atoms with Crippen LogP contribution in [0.3, 0.4) is 0 Å². The molecule has 0 radical (unpaired) electrons. The molecular formula is C18H39LiO4S. The normalized spacial score (nSPS) is 12.8. The summed E-state index contributed by atoms with van der Waals surface area (Å²) in [6.07, 6.45) is 14.9. The molecule has 0 aromatic heterocycles. The van der Waals surface area contributed by atoms with Crippen LogP contribution >= 0.6 is 0 Å². The number of rotatable bonds is 17. The van der Waals surface area contributed by atoms with Crippen molar-refractivity contribution in [2.24, 2.45) is 0 Å². The molecule has 1 unspecified atom stereocenters. The Hall–Kier alpha value is 0.467. The van der Waals surface area contributed by atoms with Crippen LogP contribution in [0.2, 0.25) is 0 Å². The van der Waals surface area contributed by atoms with Gasteiger partial charge in [-0.25, -0.2) is 0 Å². The summed E-state index contributed by atoms with van der Waals surface area (Å²) >= 11 is 0. The van der Waals surface area contributed by atoms with Gasteiger partial charge in [-0.05, 0) is 12.8 Å². The smallest absolute Gasteiger partial charge is 1.00 e. The van der Waals surface area contributed by atoms with E-state index < -0.39 is 10.1 Å². The molecule has 6 heteroatoms. The van der Waals surface area contributed by atoms with Crippen LogP contribution in [-0.2, 0) is 14.9 Å². The maximum atomic E-state index is 11.0. The van der Waals surface area contributed by atoms with E-state index in [0.29, 0.717) is 6.61 Å². The van der Waals surface area contributed by atoms with Crippen LogP contribution in [0.1, 0.15) is 98.7 Å². The van der Waals surface area contributed by atoms with Crippen LogP contribution in [0.15, 0.2) is 0 Å². The minimum Gasteiger partial charge on any atom is -1.00 e. The Balaban J connectivity index is -0.00000242. The monoisotopic (exact) mass is 358 g/mol. The van der Waals surface area contributed by atoms with Gasteiger partial charge in [0.1, 0.15) is 5.75 Å². The maximum Gasteiger partial charge on any atom is 1.00 e. The van der Waals surface area contributed by atoms with Gasteiger partial charge in [-0.2, -0.15) is 8.42 Å². The van der Waals surface area contributed by atoms with Gasteiger partial charge < -0.3 is 6.16 Å². The van der Waals surface area contributed by atoms with Crippen LogP contribution in [0.5, 0.6) is 0 Å². The predicted molar refractivity (Wildman–Crippen MR) is 98.6 cm³/mol. The van der Waals surface area contributed by atoms with E-state index in [-0.39, 0.29) is 32.1 Å². The fourth-order valence-corrected chi connectivity index (χ4v) is 3.44. The Morgan fingerprint density at radius 3 is 1.75 bits per heavy atom. The summed E-state index contributed by atoms with van der Waals surface area (Å²) in [6, 6.07) is 0. The van der Waals surface area contributed by atoms with E-state index >= 15 is 0 Å². The van der Waals surface area contributed by atoms with Crippen LogP contribution in [0, 0.1) is 0 Å². The molecule has 0 fully saturated rings. The zero-order chi connectivity index (χ0) is 17.4. The summed E-state index contributed by atoms with van der Waals surface area (Å²) in [5, 5.41) is 0. The largest absolute Gasteiger partial charge is 1.00 e. The van der Waals surface area contributed by atoms with E-state index in [9.17, 15) is 8.42 Å². The first kappa shape index (κ1) is 26.7. The molecule has 0 bridgehead atoms. The van der Waals surface area contributed by atoms with Crippen molar-refractivity contribution in [3.8, 4) is 0 Å². The molecule has 24 heavy (non-hydrogen) atoms. The number of unbranched alkanes of at least 4 members (excludes halogenated alkanes) is 10. The first-order chi connectivity index (χ1) is 11.0. The van der Waals surface area contributed by atoms with Crippen molar-refractivity contribution in [3.05, 3.63) is 0 Å². The maximum absolute atomic E-state index is 11.0. The first-order valence-corrected chi connectivity index (χ1v) is 11.2. The minimum absolute atomic E-state index is 0. The van der Waals surface area contributed by atoms with Crippen molar-refractivity contribution in [2.45, 2.75) is 103 Å². The molecule has 0 rings (SSSR count). The average molecular weight is 359 g/mol. The Morgan fingerprint density at radius 1 is 0.833 bits per heavy atom. The van der Waals surface area contributed by atoms with Gasteiger partial charge in [-0.15, -0.1) is 0 Å². The molecule has 0 aromatic rings. The average Bonchev–Trinajstić information content (AvgIpc) is 2.47.